The van der Waals surface area contributed by atoms with E-state index >= 15 is 0 Å². The first-order valence-corrected chi connectivity index (χ1v) is 8.74. The Morgan fingerprint density at radius 3 is 2.35 bits per heavy atom. The van der Waals surface area contributed by atoms with Gasteiger partial charge in [-0.1, -0.05) is 18.2 Å². The summed E-state index contributed by atoms with van der Waals surface area (Å²) in [6, 6.07) is 11.1. The second-order valence-corrected chi connectivity index (χ2v) is 6.21. The van der Waals surface area contributed by atoms with Crippen molar-refractivity contribution in [3.05, 3.63) is 80.3 Å². The predicted octanol–water partition coefficient (Wildman–Crippen LogP) is 0.460. The van der Waals surface area contributed by atoms with Crippen molar-refractivity contribution in [1.29, 1.82) is 0 Å². The molecule has 12 heteroatoms. The van der Waals surface area contributed by atoms with Gasteiger partial charge >= 0.3 is 5.97 Å². The maximum atomic E-state index is 12.4. The average Bonchev–Trinajstić information content (AvgIpc) is 2.78. The van der Waals surface area contributed by atoms with Crippen LogP contribution in [0.4, 0.5) is 5.69 Å². The zero-order chi connectivity index (χ0) is 22.5. The molecule has 2 N–H and O–H groups in total. The van der Waals surface area contributed by atoms with E-state index < -0.39 is 29.3 Å². The zero-order valence-corrected chi connectivity index (χ0v) is 16.0. The van der Waals surface area contributed by atoms with Crippen molar-refractivity contribution >= 4 is 34.2 Å². The molecule has 0 aliphatic rings. The van der Waals surface area contributed by atoms with Gasteiger partial charge in [-0.05, 0) is 18.2 Å². The van der Waals surface area contributed by atoms with Gasteiger partial charge in [0.25, 0.3) is 23.1 Å². The van der Waals surface area contributed by atoms with Gasteiger partial charge in [-0.25, -0.2) is 9.48 Å². The lowest BCUT2D eigenvalue weighted by Crippen LogP contribution is -2.43. The molecule has 158 valence electrons. The Hall–Kier alpha value is -4.61. The first-order valence-electron chi connectivity index (χ1n) is 8.74. The van der Waals surface area contributed by atoms with Gasteiger partial charge in [-0.15, -0.1) is 0 Å². The molecule has 0 saturated heterocycles. The molecule has 31 heavy (non-hydrogen) atoms. The molecule has 3 aromatic rings. The van der Waals surface area contributed by atoms with Gasteiger partial charge in [-0.2, -0.15) is 5.10 Å². The van der Waals surface area contributed by atoms with Crippen molar-refractivity contribution < 1.29 is 24.0 Å². The van der Waals surface area contributed by atoms with E-state index in [0.29, 0.717) is 0 Å². The number of benzene rings is 2. The van der Waals surface area contributed by atoms with E-state index in [1.54, 1.807) is 12.1 Å². The molecule has 0 saturated carbocycles. The van der Waals surface area contributed by atoms with E-state index in [9.17, 15) is 29.3 Å². The maximum absolute atomic E-state index is 12.4. The first kappa shape index (κ1) is 21.1. The molecule has 0 fully saturated rings. The van der Waals surface area contributed by atoms with E-state index in [-0.39, 0.29) is 33.3 Å². The number of hydrogen-bond acceptors (Lipinski definition) is 8. The van der Waals surface area contributed by atoms with Gasteiger partial charge in [0.2, 0.25) is 0 Å². The SMILES string of the molecule is Cn1nc(C(=O)OCC(=O)NNC(=O)c2ccc([N+](=O)[O-])cc2)c2ccccc2c1=O. The fourth-order valence-corrected chi connectivity index (χ4v) is 2.62. The Morgan fingerprint density at radius 2 is 1.71 bits per heavy atom. The van der Waals surface area contributed by atoms with Crippen molar-refractivity contribution in [2.75, 3.05) is 6.61 Å². The summed E-state index contributed by atoms with van der Waals surface area (Å²) in [6.07, 6.45) is 0. The summed E-state index contributed by atoms with van der Waals surface area (Å²) in [7, 11) is 1.38. The van der Waals surface area contributed by atoms with Crippen LogP contribution in [0.15, 0.2) is 53.3 Å². The molecule has 1 heterocycles. The summed E-state index contributed by atoms with van der Waals surface area (Å²) in [5.74, 6) is -2.48. The molecule has 0 aliphatic carbocycles. The lowest BCUT2D eigenvalue weighted by Gasteiger charge is -2.09. The number of hydrazine groups is 1. The number of non-ortho nitro benzene ring substituents is 1. The van der Waals surface area contributed by atoms with Gasteiger partial charge in [0.15, 0.2) is 12.3 Å². The average molecular weight is 425 g/mol. The fraction of sp³-hybridized carbons (Fsp3) is 0.105. The van der Waals surface area contributed by atoms with Crippen LogP contribution in [0.5, 0.6) is 0 Å². The van der Waals surface area contributed by atoms with Crippen LogP contribution in [-0.4, -0.2) is 39.1 Å². The smallest absolute Gasteiger partial charge is 0.359 e. The van der Waals surface area contributed by atoms with Crippen molar-refractivity contribution in [1.82, 2.24) is 20.6 Å². The summed E-state index contributed by atoms with van der Waals surface area (Å²) in [5, 5.41) is 15.1. The lowest BCUT2D eigenvalue weighted by atomic mass is 10.1. The Bertz CT molecular complexity index is 1250. The van der Waals surface area contributed by atoms with Gasteiger partial charge in [-0.3, -0.25) is 35.3 Å². The molecule has 3 rings (SSSR count). The van der Waals surface area contributed by atoms with Gasteiger partial charge < -0.3 is 4.74 Å². The summed E-state index contributed by atoms with van der Waals surface area (Å²) >= 11 is 0. The van der Waals surface area contributed by atoms with E-state index in [1.165, 1.54) is 31.3 Å². The summed E-state index contributed by atoms with van der Waals surface area (Å²) < 4.78 is 5.91. The third-order valence-electron chi connectivity index (χ3n) is 4.14. The molecule has 2 amide bonds. The van der Waals surface area contributed by atoms with Crippen LogP contribution in [-0.2, 0) is 16.6 Å². The van der Waals surface area contributed by atoms with E-state index in [2.05, 4.69) is 16.0 Å². The molecule has 2 aromatic carbocycles. The fourth-order valence-electron chi connectivity index (χ4n) is 2.62. The molecule has 1 aromatic heterocycles. The number of nitrogens with zero attached hydrogens (tertiary/aromatic N) is 3. The van der Waals surface area contributed by atoms with Crippen LogP contribution in [0.25, 0.3) is 10.8 Å². The molecule has 0 atom stereocenters. The van der Waals surface area contributed by atoms with Crippen LogP contribution in [0, 0.1) is 10.1 Å². The monoisotopic (exact) mass is 425 g/mol. The summed E-state index contributed by atoms with van der Waals surface area (Å²) in [6.45, 7) is -0.724. The Balaban J connectivity index is 1.59. The number of esters is 1. The Kier molecular flexibility index (Phi) is 6.00. The highest BCUT2D eigenvalue weighted by atomic mass is 16.6. The molecule has 12 nitrogen and oxygen atoms in total. The second kappa shape index (κ2) is 8.82. The van der Waals surface area contributed by atoms with Gasteiger partial charge in [0.05, 0.1) is 10.3 Å². The number of ether oxygens (including phenoxy) is 1. The number of hydrogen-bond donors (Lipinski definition) is 2. The Labute approximate surface area is 173 Å². The number of nitrogens with one attached hydrogen (secondary N) is 2. The molecule has 0 spiro atoms. The molecule has 0 bridgehead atoms. The Morgan fingerprint density at radius 1 is 1.06 bits per heavy atom. The predicted molar refractivity (Wildman–Crippen MR) is 106 cm³/mol. The van der Waals surface area contributed by atoms with Gasteiger partial charge in [0.1, 0.15) is 0 Å². The standard InChI is InChI=1S/C19H15N5O7/c1-23-18(27)14-5-3-2-4-13(14)16(22-23)19(28)31-10-15(25)20-21-17(26)11-6-8-12(9-7-11)24(29)30/h2-9H,10H2,1H3,(H,20,25)(H,21,26). The van der Waals surface area contributed by atoms with E-state index in [4.69, 9.17) is 4.74 Å². The quantitative estimate of drug-likeness (QED) is 0.338. The highest BCUT2D eigenvalue weighted by Gasteiger charge is 2.18. The summed E-state index contributed by atoms with van der Waals surface area (Å²) in [5.41, 5.74) is 3.51. The molecular formula is C19H15N5O7. The van der Waals surface area contributed by atoms with E-state index in [1.807, 2.05) is 0 Å². The number of amides is 2. The minimum atomic E-state index is -0.927. The number of fused-ring (bicyclic) bond motifs is 1. The largest absolute Gasteiger partial charge is 0.451 e. The van der Waals surface area contributed by atoms with Crippen LogP contribution in [0.2, 0.25) is 0 Å². The van der Waals surface area contributed by atoms with Gasteiger partial charge in [0, 0.05) is 30.1 Å². The number of aryl methyl sites for hydroxylation is 1. The van der Waals surface area contributed by atoms with Crippen LogP contribution in [0.3, 0.4) is 0 Å². The normalized spacial score (nSPS) is 10.4. The highest BCUT2D eigenvalue weighted by Crippen LogP contribution is 2.14. The summed E-state index contributed by atoms with van der Waals surface area (Å²) in [4.78, 5) is 58.3. The number of carbonyl (C=O) groups is 3. The van der Waals surface area contributed by atoms with Crippen molar-refractivity contribution in [3.8, 4) is 0 Å². The van der Waals surface area contributed by atoms with Crippen molar-refractivity contribution in [3.63, 3.8) is 0 Å². The number of aromatic nitrogens is 2. The number of nitro groups is 1. The molecule has 0 radical (unpaired) electrons. The second-order valence-electron chi connectivity index (χ2n) is 6.21. The van der Waals surface area contributed by atoms with Crippen LogP contribution >= 0.6 is 0 Å². The zero-order valence-electron chi connectivity index (χ0n) is 16.0. The molecular weight excluding hydrogens is 410 g/mol. The van der Waals surface area contributed by atoms with E-state index in [0.717, 1.165) is 16.8 Å². The number of nitro benzene ring substituents is 1. The van der Waals surface area contributed by atoms with Crippen LogP contribution < -0.4 is 16.4 Å². The maximum Gasteiger partial charge on any atom is 0.359 e. The number of rotatable bonds is 5. The highest BCUT2D eigenvalue weighted by molar-refractivity contribution is 6.02. The molecule has 0 aliphatic heterocycles. The number of carbonyl (C=O) groups excluding carboxylic acids is 3. The first-order chi connectivity index (χ1) is 14.8. The topological polar surface area (TPSA) is 163 Å². The van der Waals surface area contributed by atoms with Crippen molar-refractivity contribution in [2.24, 2.45) is 7.05 Å². The minimum absolute atomic E-state index is 0.0729. The van der Waals surface area contributed by atoms with Crippen molar-refractivity contribution in [2.45, 2.75) is 0 Å². The third kappa shape index (κ3) is 4.70. The van der Waals surface area contributed by atoms with Crippen LogP contribution in [0.1, 0.15) is 20.8 Å². The lowest BCUT2D eigenvalue weighted by molar-refractivity contribution is -0.384. The minimum Gasteiger partial charge on any atom is -0.451 e. The third-order valence-corrected chi connectivity index (χ3v) is 4.14. The molecule has 0 unspecified atom stereocenters.